The van der Waals surface area contributed by atoms with Crippen molar-refractivity contribution in [2.75, 3.05) is 6.61 Å². The lowest BCUT2D eigenvalue weighted by atomic mass is 9.81. The van der Waals surface area contributed by atoms with Crippen LogP contribution >= 0.6 is 0 Å². The first kappa shape index (κ1) is 10.5. The molecule has 14 heavy (non-hydrogen) atoms. The van der Waals surface area contributed by atoms with Gasteiger partial charge in [-0.3, -0.25) is 0 Å². The summed E-state index contributed by atoms with van der Waals surface area (Å²) >= 11 is 0. The zero-order valence-corrected chi connectivity index (χ0v) is 7.64. The third-order valence-corrected chi connectivity index (χ3v) is 1.57. The maximum atomic E-state index is 8.83. The first-order chi connectivity index (χ1) is 6.69. The van der Waals surface area contributed by atoms with Crippen molar-refractivity contribution in [1.82, 2.24) is 4.98 Å². The molecule has 6 heteroatoms. The molecule has 0 fully saturated rings. The highest BCUT2D eigenvalue weighted by Gasteiger charge is 2.14. The quantitative estimate of drug-likeness (QED) is 0.601. The van der Waals surface area contributed by atoms with Crippen molar-refractivity contribution < 1.29 is 14.8 Å². The van der Waals surface area contributed by atoms with Gasteiger partial charge >= 0.3 is 7.12 Å². The van der Waals surface area contributed by atoms with E-state index in [-0.39, 0.29) is 16.9 Å². The molecule has 5 nitrogen and oxygen atoms in total. The van der Waals surface area contributed by atoms with Crippen molar-refractivity contribution in [3.63, 3.8) is 0 Å². The van der Waals surface area contributed by atoms with Crippen molar-refractivity contribution in [1.29, 1.82) is 5.26 Å². The predicted octanol–water partition coefficient (Wildman–Crippen LogP) is -0.968. The highest BCUT2D eigenvalue weighted by atomic mass is 16.5. The Morgan fingerprint density at radius 2 is 2.36 bits per heavy atom. The lowest BCUT2D eigenvalue weighted by molar-refractivity contribution is 0.326. The number of nitriles is 1. The van der Waals surface area contributed by atoms with E-state index in [0.29, 0.717) is 6.61 Å². The van der Waals surface area contributed by atoms with Crippen LogP contribution in [0.1, 0.15) is 12.5 Å². The molecule has 0 spiro atoms. The number of aromatic nitrogens is 1. The molecule has 2 N–H and O–H groups in total. The smallest absolute Gasteiger partial charge is 0.477 e. The van der Waals surface area contributed by atoms with Crippen LogP contribution in [0.4, 0.5) is 0 Å². The number of pyridine rings is 1. The number of ether oxygens (including phenoxy) is 1. The molecule has 0 saturated carbocycles. The Morgan fingerprint density at radius 3 is 2.86 bits per heavy atom. The van der Waals surface area contributed by atoms with Crippen LogP contribution in [0.15, 0.2) is 12.3 Å². The molecule has 0 radical (unpaired) electrons. The van der Waals surface area contributed by atoms with Crippen molar-refractivity contribution in [3.05, 3.63) is 17.8 Å². The summed E-state index contributed by atoms with van der Waals surface area (Å²) < 4.78 is 5.07. The Balaban J connectivity index is 3.07. The largest absolute Gasteiger partial charge is 0.490 e. The van der Waals surface area contributed by atoms with E-state index in [4.69, 9.17) is 20.0 Å². The molecule has 1 aromatic rings. The summed E-state index contributed by atoms with van der Waals surface area (Å²) in [6.45, 7) is 2.18. The van der Waals surface area contributed by atoms with Crippen molar-refractivity contribution in [2.24, 2.45) is 0 Å². The normalized spacial score (nSPS) is 9.29. The Hall–Kier alpha value is -1.58. The van der Waals surface area contributed by atoms with Gasteiger partial charge in [-0.25, -0.2) is 4.98 Å². The van der Waals surface area contributed by atoms with Crippen molar-refractivity contribution in [3.8, 4) is 11.9 Å². The highest BCUT2D eigenvalue weighted by molar-refractivity contribution is 6.58. The van der Waals surface area contributed by atoms with Gasteiger partial charge in [0.25, 0.3) is 0 Å². The summed E-state index contributed by atoms with van der Waals surface area (Å²) in [4.78, 5) is 3.80. The van der Waals surface area contributed by atoms with E-state index < -0.39 is 7.12 Å². The second-order valence-electron chi connectivity index (χ2n) is 2.54. The Morgan fingerprint density at radius 1 is 1.64 bits per heavy atom. The van der Waals surface area contributed by atoms with Gasteiger partial charge in [0.05, 0.1) is 6.61 Å². The third kappa shape index (κ3) is 2.22. The van der Waals surface area contributed by atoms with Crippen molar-refractivity contribution in [2.45, 2.75) is 6.92 Å². The molecular weight excluding hydrogens is 183 g/mol. The summed E-state index contributed by atoms with van der Waals surface area (Å²) in [7, 11) is -1.62. The second kappa shape index (κ2) is 4.60. The Bertz CT molecular complexity index is 362. The molecule has 0 unspecified atom stereocenters. The maximum absolute atomic E-state index is 8.83. The van der Waals surface area contributed by atoms with Crippen LogP contribution in [-0.4, -0.2) is 28.8 Å². The zero-order chi connectivity index (χ0) is 10.6. The molecule has 1 aromatic heterocycles. The molecule has 0 aromatic carbocycles. The summed E-state index contributed by atoms with van der Waals surface area (Å²) in [5.74, 6) is 0.208. The molecule has 1 rings (SSSR count). The van der Waals surface area contributed by atoms with E-state index in [2.05, 4.69) is 4.98 Å². The van der Waals surface area contributed by atoms with Crippen LogP contribution in [0.5, 0.6) is 5.88 Å². The van der Waals surface area contributed by atoms with E-state index in [1.54, 1.807) is 6.92 Å². The van der Waals surface area contributed by atoms with Crippen LogP contribution in [-0.2, 0) is 0 Å². The van der Waals surface area contributed by atoms with Gasteiger partial charge in [-0.1, -0.05) is 0 Å². The first-order valence-electron chi connectivity index (χ1n) is 4.08. The van der Waals surface area contributed by atoms with E-state index in [1.165, 1.54) is 12.3 Å². The molecule has 1 heterocycles. The van der Waals surface area contributed by atoms with Crippen LogP contribution < -0.4 is 10.2 Å². The van der Waals surface area contributed by atoms with E-state index in [9.17, 15) is 0 Å². The van der Waals surface area contributed by atoms with Gasteiger partial charge in [-0.15, -0.1) is 0 Å². The van der Waals surface area contributed by atoms with Gasteiger partial charge in [0, 0.05) is 11.7 Å². The lowest BCUT2D eigenvalue weighted by Crippen LogP contribution is -2.30. The zero-order valence-electron chi connectivity index (χ0n) is 7.64. The Kier molecular flexibility index (Phi) is 3.45. The summed E-state index contributed by atoms with van der Waals surface area (Å²) in [5.41, 5.74) is 0.363. The molecule has 0 saturated heterocycles. The number of hydrogen-bond acceptors (Lipinski definition) is 5. The number of nitrogens with zero attached hydrogens (tertiary/aromatic N) is 2. The Labute approximate surface area is 81.7 Å². The molecule has 0 aliphatic heterocycles. The maximum Gasteiger partial charge on any atom is 0.490 e. The van der Waals surface area contributed by atoms with Gasteiger partial charge in [-0.05, 0) is 13.0 Å². The number of hydrogen-bond donors (Lipinski definition) is 2. The van der Waals surface area contributed by atoms with E-state index in [0.717, 1.165) is 0 Å². The molecule has 0 aliphatic rings. The van der Waals surface area contributed by atoms with Crippen molar-refractivity contribution >= 4 is 12.6 Å². The van der Waals surface area contributed by atoms with Crippen LogP contribution in [0.25, 0.3) is 0 Å². The van der Waals surface area contributed by atoms with Gasteiger partial charge in [0.15, 0.2) is 0 Å². The van der Waals surface area contributed by atoms with E-state index >= 15 is 0 Å². The topological polar surface area (TPSA) is 86.4 Å². The minimum Gasteiger partial charge on any atom is -0.477 e. The molecule has 0 atom stereocenters. The fourth-order valence-corrected chi connectivity index (χ4v) is 0.941. The number of rotatable bonds is 3. The third-order valence-electron chi connectivity index (χ3n) is 1.57. The van der Waals surface area contributed by atoms with Gasteiger partial charge < -0.3 is 14.8 Å². The average Bonchev–Trinajstić information content (AvgIpc) is 2.18. The minimum atomic E-state index is -1.62. The van der Waals surface area contributed by atoms with Gasteiger partial charge in [0.1, 0.15) is 11.6 Å². The molecule has 72 valence electrons. The second-order valence-corrected chi connectivity index (χ2v) is 2.54. The molecular formula is C8H9BN2O3. The average molecular weight is 192 g/mol. The molecule has 0 amide bonds. The fourth-order valence-electron chi connectivity index (χ4n) is 0.941. The summed E-state index contributed by atoms with van der Waals surface area (Å²) in [5, 5.41) is 26.4. The summed E-state index contributed by atoms with van der Waals surface area (Å²) in [6, 6.07) is 3.20. The van der Waals surface area contributed by atoms with Gasteiger partial charge in [0.2, 0.25) is 5.88 Å². The van der Waals surface area contributed by atoms with Crippen LogP contribution in [0.3, 0.4) is 0 Å². The fraction of sp³-hybridized carbons (Fsp3) is 0.250. The monoisotopic (exact) mass is 192 g/mol. The van der Waals surface area contributed by atoms with Crippen LogP contribution in [0.2, 0.25) is 0 Å². The molecule has 0 bridgehead atoms. The first-order valence-corrected chi connectivity index (χ1v) is 4.08. The lowest BCUT2D eigenvalue weighted by Gasteiger charge is -2.05. The van der Waals surface area contributed by atoms with Gasteiger partial charge in [-0.2, -0.15) is 5.26 Å². The van der Waals surface area contributed by atoms with E-state index in [1.807, 2.05) is 6.07 Å². The SMILES string of the molecule is CCOc1ncc(B(O)O)cc1C#N. The standard InChI is InChI=1S/C8H9BN2O3/c1-2-14-8-6(4-10)3-7(5-11-8)9(12)13/h3,5,12-13H,2H2,1H3. The predicted molar refractivity (Wildman–Crippen MR) is 49.9 cm³/mol. The highest BCUT2D eigenvalue weighted by Crippen LogP contribution is 2.11. The molecule has 0 aliphatic carbocycles. The minimum absolute atomic E-state index is 0.171. The van der Waals surface area contributed by atoms with Crippen LogP contribution in [0, 0.1) is 11.3 Å². The summed E-state index contributed by atoms with van der Waals surface area (Å²) in [6.07, 6.45) is 1.26.